The average Bonchev–Trinajstić information content (AvgIpc) is 2.72. The van der Waals surface area contributed by atoms with E-state index in [1.54, 1.807) is 0 Å². The standard InChI is InChI=1S/C16H27N2/c1-14(2)11-18(9-8-16(10-17)13-18)12-15-6-4-3-5-7-15/h3-7,14,16H,8-13,17H2,1-2H3/q+1/t16-,18?/m0/s1. The van der Waals surface area contributed by atoms with Crippen LogP contribution in [0, 0.1) is 11.8 Å². The lowest BCUT2D eigenvalue weighted by molar-refractivity contribution is -0.933. The van der Waals surface area contributed by atoms with Crippen molar-refractivity contribution in [1.29, 1.82) is 0 Å². The Hall–Kier alpha value is -0.860. The van der Waals surface area contributed by atoms with Gasteiger partial charge in [-0.3, -0.25) is 0 Å². The SMILES string of the molecule is CC(C)C[N+]1(Cc2ccccc2)CC[C@@H](CN)C1. The summed E-state index contributed by atoms with van der Waals surface area (Å²) < 4.78 is 1.24. The third-order valence-electron chi connectivity index (χ3n) is 4.10. The molecule has 18 heavy (non-hydrogen) atoms. The van der Waals surface area contributed by atoms with E-state index in [2.05, 4.69) is 44.2 Å². The molecular formula is C16H27N2+. The van der Waals surface area contributed by atoms with Gasteiger partial charge < -0.3 is 10.2 Å². The number of hydrogen-bond donors (Lipinski definition) is 1. The summed E-state index contributed by atoms with van der Waals surface area (Å²) in [6, 6.07) is 10.9. The molecule has 2 rings (SSSR count). The minimum atomic E-state index is 0.729. The smallest absolute Gasteiger partial charge is 0.104 e. The molecule has 0 radical (unpaired) electrons. The van der Waals surface area contributed by atoms with Crippen molar-refractivity contribution in [2.45, 2.75) is 26.8 Å². The van der Waals surface area contributed by atoms with Gasteiger partial charge in [0.25, 0.3) is 0 Å². The van der Waals surface area contributed by atoms with Crippen molar-refractivity contribution in [2.24, 2.45) is 17.6 Å². The van der Waals surface area contributed by atoms with Crippen LogP contribution >= 0.6 is 0 Å². The summed E-state index contributed by atoms with van der Waals surface area (Å²) in [6.45, 7) is 10.5. The van der Waals surface area contributed by atoms with Crippen LogP contribution in [0.1, 0.15) is 25.8 Å². The third kappa shape index (κ3) is 3.33. The van der Waals surface area contributed by atoms with Gasteiger partial charge in [0.2, 0.25) is 0 Å². The molecule has 1 aromatic rings. The summed E-state index contributed by atoms with van der Waals surface area (Å²) in [5, 5.41) is 0. The zero-order valence-corrected chi connectivity index (χ0v) is 11.8. The van der Waals surface area contributed by atoms with Gasteiger partial charge in [-0.15, -0.1) is 0 Å². The van der Waals surface area contributed by atoms with E-state index in [0.29, 0.717) is 0 Å². The molecule has 0 amide bonds. The summed E-state index contributed by atoms with van der Waals surface area (Å²) >= 11 is 0. The lowest BCUT2D eigenvalue weighted by atomic mass is 10.1. The monoisotopic (exact) mass is 247 g/mol. The van der Waals surface area contributed by atoms with Gasteiger partial charge >= 0.3 is 0 Å². The number of hydrogen-bond acceptors (Lipinski definition) is 1. The van der Waals surface area contributed by atoms with Gasteiger partial charge in [0, 0.05) is 30.4 Å². The van der Waals surface area contributed by atoms with E-state index >= 15 is 0 Å². The predicted octanol–water partition coefficient (Wildman–Crippen LogP) is 2.64. The van der Waals surface area contributed by atoms with Crippen LogP contribution in [0.4, 0.5) is 0 Å². The summed E-state index contributed by atoms with van der Waals surface area (Å²) in [7, 11) is 0. The van der Waals surface area contributed by atoms with Crippen molar-refractivity contribution in [3.63, 3.8) is 0 Å². The minimum Gasteiger partial charge on any atom is -0.330 e. The van der Waals surface area contributed by atoms with Crippen LogP contribution in [-0.2, 0) is 6.54 Å². The highest BCUT2D eigenvalue weighted by atomic mass is 15.4. The van der Waals surface area contributed by atoms with E-state index < -0.39 is 0 Å². The molecule has 100 valence electrons. The van der Waals surface area contributed by atoms with Crippen molar-refractivity contribution >= 4 is 0 Å². The predicted molar refractivity (Wildman–Crippen MR) is 77.0 cm³/mol. The van der Waals surface area contributed by atoms with Crippen LogP contribution in [0.2, 0.25) is 0 Å². The molecule has 1 unspecified atom stereocenters. The number of quaternary nitrogens is 1. The number of benzene rings is 1. The molecule has 0 aliphatic carbocycles. The third-order valence-corrected chi connectivity index (χ3v) is 4.10. The highest BCUT2D eigenvalue weighted by Gasteiger charge is 2.37. The molecule has 1 fully saturated rings. The number of nitrogens with zero attached hydrogens (tertiary/aromatic N) is 1. The Morgan fingerprint density at radius 1 is 1.28 bits per heavy atom. The maximum absolute atomic E-state index is 5.87. The van der Waals surface area contributed by atoms with Crippen molar-refractivity contribution in [3.8, 4) is 0 Å². The van der Waals surface area contributed by atoms with E-state index in [-0.39, 0.29) is 0 Å². The van der Waals surface area contributed by atoms with Crippen molar-refractivity contribution in [2.75, 3.05) is 26.2 Å². The Bertz CT molecular complexity index is 361. The Morgan fingerprint density at radius 3 is 2.56 bits per heavy atom. The fourth-order valence-corrected chi connectivity index (χ4v) is 3.50. The molecule has 2 heteroatoms. The zero-order valence-electron chi connectivity index (χ0n) is 11.8. The first-order valence-corrected chi connectivity index (χ1v) is 7.23. The molecule has 1 aromatic carbocycles. The van der Waals surface area contributed by atoms with Crippen LogP contribution in [0.15, 0.2) is 30.3 Å². The Balaban J connectivity index is 2.11. The maximum atomic E-state index is 5.87. The van der Waals surface area contributed by atoms with Crippen molar-refractivity contribution in [1.82, 2.24) is 0 Å². The van der Waals surface area contributed by atoms with Gasteiger partial charge in [0.15, 0.2) is 0 Å². The second-order valence-electron chi connectivity index (χ2n) is 6.36. The molecular weight excluding hydrogens is 220 g/mol. The molecule has 0 spiro atoms. The van der Waals surface area contributed by atoms with Gasteiger partial charge in [0.1, 0.15) is 6.54 Å². The molecule has 2 nitrogen and oxygen atoms in total. The first-order valence-electron chi connectivity index (χ1n) is 7.23. The lowest BCUT2D eigenvalue weighted by Crippen LogP contribution is -2.48. The number of likely N-dealkylation sites (tertiary alicyclic amines) is 1. The van der Waals surface area contributed by atoms with Crippen LogP contribution in [0.25, 0.3) is 0 Å². The van der Waals surface area contributed by atoms with Gasteiger partial charge in [-0.1, -0.05) is 44.2 Å². The highest BCUT2D eigenvalue weighted by molar-refractivity contribution is 5.13. The molecule has 1 heterocycles. The highest BCUT2D eigenvalue weighted by Crippen LogP contribution is 2.28. The number of nitrogens with two attached hydrogens (primary N) is 1. The van der Waals surface area contributed by atoms with E-state index in [1.807, 2.05) is 0 Å². The molecule has 0 bridgehead atoms. The normalized spacial score (nSPS) is 27.9. The minimum absolute atomic E-state index is 0.729. The summed E-state index contributed by atoms with van der Waals surface area (Å²) in [4.78, 5) is 0. The van der Waals surface area contributed by atoms with E-state index in [9.17, 15) is 0 Å². The largest absolute Gasteiger partial charge is 0.330 e. The van der Waals surface area contributed by atoms with Gasteiger partial charge in [-0.25, -0.2) is 0 Å². The fraction of sp³-hybridized carbons (Fsp3) is 0.625. The molecule has 2 atom stereocenters. The second kappa shape index (κ2) is 5.85. The summed E-state index contributed by atoms with van der Waals surface area (Å²) in [6.07, 6.45) is 1.30. The Morgan fingerprint density at radius 2 is 2.00 bits per heavy atom. The van der Waals surface area contributed by atoms with Crippen LogP contribution in [0.5, 0.6) is 0 Å². The molecule has 0 aromatic heterocycles. The van der Waals surface area contributed by atoms with E-state index in [0.717, 1.165) is 18.4 Å². The fourth-order valence-electron chi connectivity index (χ4n) is 3.50. The Labute approximate surface area is 111 Å². The summed E-state index contributed by atoms with van der Waals surface area (Å²) in [5.74, 6) is 1.48. The molecule has 1 aliphatic heterocycles. The van der Waals surface area contributed by atoms with Crippen molar-refractivity contribution in [3.05, 3.63) is 35.9 Å². The van der Waals surface area contributed by atoms with E-state index in [4.69, 9.17) is 5.73 Å². The first-order chi connectivity index (χ1) is 8.63. The average molecular weight is 247 g/mol. The second-order valence-corrected chi connectivity index (χ2v) is 6.36. The van der Waals surface area contributed by atoms with Crippen molar-refractivity contribution < 1.29 is 4.48 Å². The summed E-state index contributed by atoms with van der Waals surface area (Å²) in [5.41, 5.74) is 7.34. The topological polar surface area (TPSA) is 26.0 Å². The quantitative estimate of drug-likeness (QED) is 0.795. The first kappa shape index (κ1) is 13.6. The van der Waals surface area contributed by atoms with Crippen LogP contribution < -0.4 is 5.73 Å². The van der Waals surface area contributed by atoms with E-state index in [1.165, 1.54) is 42.6 Å². The molecule has 1 saturated heterocycles. The Kier molecular flexibility index (Phi) is 4.41. The molecule has 0 saturated carbocycles. The van der Waals surface area contributed by atoms with Gasteiger partial charge in [0.05, 0.1) is 19.6 Å². The molecule has 1 aliphatic rings. The lowest BCUT2D eigenvalue weighted by Gasteiger charge is -2.36. The zero-order chi connectivity index (χ0) is 13.0. The van der Waals surface area contributed by atoms with Crippen LogP contribution in [0.3, 0.4) is 0 Å². The van der Waals surface area contributed by atoms with Gasteiger partial charge in [-0.05, 0) is 0 Å². The van der Waals surface area contributed by atoms with Crippen LogP contribution in [-0.4, -0.2) is 30.7 Å². The molecule has 2 N–H and O–H groups in total. The number of rotatable bonds is 5. The van der Waals surface area contributed by atoms with Gasteiger partial charge in [-0.2, -0.15) is 0 Å². The maximum Gasteiger partial charge on any atom is 0.104 e.